The van der Waals surface area contributed by atoms with Crippen molar-refractivity contribution >= 4 is 23.1 Å². The summed E-state index contributed by atoms with van der Waals surface area (Å²) in [7, 11) is 0. The fourth-order valence-electron chi connectivity index (χ4n) is 2.00. The summed E-state index contributed by atoms with van der Waals surface area (Å²) in [5.74, 6) is 0.727. The van der Waals surface area contributed by atoms with Crippen LogP contribution in [-0.4, -0.2) is 20.5 Å². The maximum atomic E-state index is 11.2. The number of nitrogens with zero attached hydrogens (tertiary/aromatic N) is 2. The van der Waals surface area contributed by atoms with Gasteiger partial charge in [0.25, 0.3) is 0 Å². The third-order valence-electron chi connectivity index (χ3n) is 2.81. The van der Waals surface area contributed by atoms with Crippen LogP contribution in [0.1, 0.15) is 16.1 Å². The third kappa shape index (κ3) is 1.79. The van der Waals surface area contributed by atoms with Crippen molar-refractivity contribution in [1.82, 2.24) is 9.38 Å². The second-order valence-corrected chi connectivity index (χ2v) is 4.44. The first kappa shape index (κ1) is 11.8. The van der Waals surface area contributed by atoms with Crippen molar-refractivity contribution < 1.29 is 14.3 Å². The average molecular weight is 277 g/mol. The van der Waals surface area contributed by atoms with Gasteiger partial charge in [0.05, 0.1) is 11.1 Å². The van der Waals surface area contributed by atoms with Crippen LogP contribution in [0.5, 0.6) is 0 Å². The number of hydrogen-bond acceptors (Lipinski definition) is 3. The van der Waals surface area contributed by atoms with Crippen molar-refractivity contribution in [1.29, 1.82) is 0 Å². The van der Waals surface area contributed by atoms with Crippen LogP contribution in [0.4, 0.5) is 0 Å². The van der Waals surface area contributed by atoms with Crippen LogP contribution in [-0.2, 0) is 0 Å². The molecule has 0 saturated heterocycles. The Morgan fingerprint density at radius 1 is 1.42 bits per heavy atom. The molecule has 19 heavy (non-hydrogen) atoms. The van der Waals surface area contributed by atoms with Gasteiger partial charge in [0.2, 0.25) is 0 Å². The van der Waals surface area contributed by atoms with Gasteiger partial charge in [0.1, 0.15) is 5.76 Å². The molecule has 0 aliphatic heterocycles. The number of carboxylic acids is 1. The van der Waals surface area contributed by atoms with Crippen LogP contribution in [0.15, 0.2) is 34.9 Å². The third-order valence-corrected chi connectivity index (χ3v) is 3.08. The van der Waals surface area contributed by atoms with E-state index in [0.717, 1.165) is 5.76 Å². The predicted molar refractivity (Wildman–Crippen MR) is 69.6 cm³/mol. The van der Waals surface area contributed by atoms with Crippen molar-refractivity contribution in [3.8, 4) is 11.6 Å². The lowest BCUT2D eigenvalue weighted by Crippen LogP contribution is -2.00. The van der Waals surface area contributed by atoms with Crippen molar-refractivity contribution in [2.24, 2.45) is 0 Å². The number of hydrogen-bond donors (Lipinski definition) is 1. The predicted octanol–water partition coefficient (Wildman–Crippen LogP) is 3.25. The second kappa shape index (κ2) is 4.13. The normalized spacial score (nSPS) is 11.1. The Kier molecular flexibility index (Phi) is 2.57. The van der Waals surface area contributed by atoms with E-state index in [2.05, 4.69) is 4.98 Å². The lowest BCUT2D eigenvalue weighted by Gasteiger charge is -2.01. The van der Waals surface area contributed by atoms with Crippen LogP contribution in [0.2, 0.25) is 5.15 Å². The Hall–Kier alpha value is -2.27. The molecule has 6 heteroatoms. The van der Waals surface area contributed by atoms with E-state index in [4.69, 9.17) is 21.1 Å². The highest BCUT2D eigenvalue weighted by molar-refractivity contribution is 6.33. The smallest absolute Gasteiger partial charge is 0.337 e. The SMILES string of the molecule is Cc1ccc(-c2nc(Cl)c3c(C(=O)O)cccn23)o1. The summed E-state index contributed by atoms with van der Waals surface area (Å²) in [6.07, 6.45) is 1.70. The summed E-state index contributed by atoms with van der Waals surface area (Å²) in [6, 6.07) is 6.70. The molecule has 0 atom stereocenters. The second-order valence-electron chi connectivity index (χ2n) is 4.08. The number of rotatable bonds is 2. The maximum Gasteiger partial charge on any atom is 0.337 e. The van der Waals surface area contributed by atoms with Gasteiger partial charge in [-0.15, -0.1) is 0 Å². The number of aromatic nitrogens is 2. The van der Waals surface area contributed by atoms with Gasteiger partial charge < -0.3 is 9.52 Å². The van der Waals surface area contributed by atoms with Gasteiger partial charge in [-0.05, 0) is 31.2 Å². The van der Waals surface area contributed by atoms with Crippen LogP contribution >= 0.6 is 11.6 Å². The minimum atomic E-state index is -1.05. The van der Waals surface area contributed by atoms with E-state index < -0.39 is 5.97 Å². The van der Waals surface area contributed by atoms with Crippen LogP contribution in [0.25, 0.3) is 17.1 Å². The number of fused-ring (bicyclic) bond motifs is 1. The van der Waals surface area contributed by atoms with Crippen molar-refractivity contribution in [3.05, 3.63) is 46.9 Å². The number of carboxylic acid groups (broad SMARTS) is 1. The summed E-state index contributed by atoms with van der Waals surface area (Å²) < 4.78 is 7.12. The lowest BCUT2D eigenvalue weighted by molar-refractivity contribution is 0.0698. The summed E-state index contributed by atoms with van der Waals surface area (Å²) in [5.41, 5.74) is 0.468. The Balaban J connectivity index is 2.34. The molecule has 0 amide bonds. The molecule has 0 aliphatic rings. The van der Waals surface area contributed by atoms with Crippen LogP contribution < -0.4 is 0 Å². The minimum Gasteiger partial charge on any atom is -0.478 e. The molecule has 0 aliphatic carbocycles. The highest BCUT2D eigenvalue weighted by atomic mass is 35.5. The molecule has 0 radical (unpaired) electrons. The number of furan rings is 1. The van der Waals surface area contributed by atoms with Gasteiger partial charge >= 0.3 is 5.97 Å². The molecule has 96 valence electrons. The molecule has 0 unspecified atom stereocenters. The molecule has 0 spiro atoms. The zero-order chi connectivity index (χ0) is 13.6. The van der Waals surface area contributed by atoms with E-state index in [1.54, 1.807) is 22.7 Å². The van der Waals surface area contributed by atoms with Gasteiger partial charge in [-0.3, -0.25) is 4.40 Å². The summed E-state index contributed by atoms with van der Waals surface area (Å²) in [6.45, 7) is 1.82. The van der Waals surface area contributed by atoms with Crippen LogP contribution in [0.3, 0.4) is 0 Å². The lowest BCUT2D eigenvalue weighted by atomic mass is 10.2. The summed E-state index contributed by atoms with van der Waals surface area (Å²) in [5, 5.41) is 9.31. The Morgan fingerprint density at radius 3 is 2.84 bits per heavy atom. The molecule has 0 saturated carbocycles. The van der Waals surface area contributed by atoms with E-state index in [1.165, 1.54) is 6.07 Å². The van der Waals surface area contributed by atoms with Gasteiger partial charge in [0.15, 0.2) is 16.7 Å². The Morgan fingerprint density at radius 2 is 2.21 bits per heavy atom. The first-order chi connectivity index (χ1) is 9.08. The molecule has 0 fully saturated rings. The summed E-state index contributed by atoms with van der Waals surface area (Å²) in [4.78, 5) is 15.4. The number of aromatic carboxylic acids is 1. The van der Waals surface area contributed by atoms with Crippen molar-refractivity contribution in [3.63, 3.8) is 0 Å². The topological polar surface area (TPSA) is 67.7 Å². The first-order valence-corrected chi connectivity index (χ1v) is 5.92. The molecule has 3 aromatic rings. The standard InChI is InChI=1S/C13H9ClN2O3/c1-7-4-5-9(19-7)12-15-11(14)10-8(13(17)18)3-2-6-16(10)12/h2-6H,1H3,(H,17,18). The number of pyridine rings is 1. The average Bonchev–Trinajstić information content (AvgIpc) is 2.94. The largest absolute Gasteiger partial charge is 0.478 e. The molecule has 0 aromatic carbocycles. The van der Waals surface area contributed by atoms with E-state index in [9.17, 15) is 4.79 Å². The van der Waals surface area contributed by atoms with E-state index >= 15 is 0 Å². The minimum absolute atomic E-state index is 0.106. The summed E-state index contributed by atoms with van der Waals surface area (Å²) >= 11 is 6.05. The van der Waals surface area contributed by atoms with E-state index in [-0.39, 0.29) is 10.7 Å². The van der Waals surface area contributed by atoms with E-state index in [1.807, 2.05) is 13.0 Å². The van der Waals surface area contributed by atoms with Crippen molar-refractivity contribution in [2.45, 2.75) is 6.92 Å². The molecule has 5 nitrogen and oxygen atoms in total. The monoisotopic (exact) mass is 276 g/mol. The molecule has 0 bridgehead atoms. The fourth-order valence-corrected chi connectivity index (χ4v) is 2.27. The highest BCUT2D eigenvalue weighted by Gasteiger charge is 2.19. The molecule has 1 N–H and O–H groups in total. The molecule has 3 rings (SSSR count). The highest BCUT2D eigenvalue weighted by Crippen LogP contribution is 2.29. The number of carbonyl (C=O) groups is 1. The van der Waals surface area contributed by atoms with Gasteiger partial charge in [0, 0.05) is 6.20 Å². The van der Waals surface area contributed by atoms with E-state index in [0.29, 0.717) is 17.1 Å². The number of imidazole rings is 1. The van der Waals surface area contributed by atoms with Crippen LogP contribution in [0, 0.1) is 6.92 Å². The zero-order valence-corrected chi connectivity index (χ0v) is 10.7. The van der Waals surface area contributed by atoms with Gasteiger partial charge in [-0.1, -0.05) is 11.6 Å². The van der Waals surface area contributed by atoms with Crippen molar-refractivity contribution in [2.75, 3.05) is 0 Å². The number of aryl methyl sites for hydroxylation is 1. The maximum absolute atomic E-state index is 11.2. The molecular weight excluding hydrogens is 268 g/mol. The molecule has 3 heterocycles. The molecule has 3 aromatic heterocycles. The molecular formula is C13H9ClN2O3. The quantitative estimate of drug-likeness (QED) is 0.780. The first-order valence-electron chi connectivity index (χ1n) is 5.54. The Labute approximate surface area is 113 Å². The zero-order valence-electron chi connectivity index (χ0n) is 9.92. The Bertz CT molecular complexity index is 788. The van der Waals surface area contributed by atoms with Gasteiger partial charge in [-0.25, -0.2) is 9.78 Å². The number of halogens is 1. The van der Waals surface area contributed by atoms with Gasteiger partial charge in [-0.2, -0.15) is 0 Å². The fraction of sp³-hybridized carbons (Fsp3) is 0.0769.